The van der Waals surface area contributed by atoms with Gasteiger partial charge in [0.2, 0.25) is 0 Å². The molecule has 5 nitrogen and oxygen atoms in total. The Balaban J connectivity index is 1.92. The van der Waals surface area contributed by atoms with Crippen LogP contribution in [0.25, 0.3) is 39.3 Å². The van der Waals surface area contributed by atoms with E-state index >= 15 is 4.39 Å². The molecule has 1 heterocycles. The fraction of sp³-hybridized carbons (Fsp3) is 0. The van der Waals surface area contributed by atoms with Gasteiger partial charge in [0.05, 0.1) is 10.7 Å². The predicted octanol–water partition coefficient (Wildman–Crippen LogP) is 6.78. The van der Waals surface area contributed by atoms with Crippen molar-refractivity contribution in [3.8, 4) is 56.6 Å². The van der Waals surface area contributed by atoms with Gasteiger partial charge in [-0.1, -0.05) is 29.8 Å². The van der Waals surface area contributed by atoms with Crippen LogP contribution in [-0.2, 0) is 0 Å². The van der Waals surface area contributed by atoms with Crippen LogP contribution in [0, 0.1) is 5.82 Å². The molecule has 0 saturated heterocycles. The van der Waals surface area contributed by atoms with Gasteiger partial charge >= 0.3 is 0 Å². The third kappa shape index (κ3) is 3.84. The van der Waals surface area contributed by atoms with Gasteiger partial charge in [0.25, 0.3) is 0 Å². The summed E-state index contributed by atoms with van der Waals surface area (Å²) in [5, 5.41) is 34.5. The van der Waals surface area contributed by atoms with Crippen molar-refractivity contribution in [2.45, 2.75) is 0 Å². The van der Waals surface area contributed by atoms with Gasteiger partial charge in [-0.25, -0.2) is 9.07 Å². The molecular formula is C27H18ClFN2O3. The first-order valence-electron chi connectivity index (χ1n) is 10.4. The van der Waals surface area contributed by atoms with E-state index < -0.39 is 5.82 Å². The van der Waals surface area contributed by atoms with Crippen molar-refractivity contribution in [3.63, 3.8) is 0 Å². The number of nitrogens with zero attached hydrogens (tertiary/aromatic N) is 2. The molecular weight excluding hydrogens is 455 g/mol. The lowest BCUT2D eigenvalue weighted by Crippen LogP contribution is -2.03. The highest BCUT2D eigenvalue weighted by molar-refractivity contribution is 6.32. The van der Waals surface area contributed by atoms with E-state index in [1.807, 2.05) is 0 Å². The number of aromatic hydroxyl groups is 3. The van der Waals surface area contributed by atoms with Crippen molar-refractivity contribution in [2.75, 3.05) is 0 Å². The number of phenols is 3. The second-order valence-corrected chi connectivity index (χ2v) is 8.10. The standard InChI is InChI=1S/C27H18ClFN2O3/c28-22-2-1-3-23(29)27(22)31-26(18-8-14-21(34)15-9-18)24(16-4-10-19(32)11-5-16)25(30-31)17-6-12-20(33)13-7-17/h1-15,32-34H. The lowest BCUT2D eigenvalue weighted by molar-refractivity contribution is 0.475. The zero-order chi connectivity index (χ0) is 23.8. The summed E-state index contributed by atoms with van der Waals surface area (Å²) in [5.41, 5.74) is 3.88. The molecule has 168 valence electrons. The molecule has 0 saturated carbocycles. The second-order valence-electron chi connectivity index (χ2n) is 7.69. The van der Waals surface area contributed by atoms with Crippen LogP contribution in [0.2, 0.25) is 5.02 Å². The Kier molecular flexibility index (Phi) is 5.43. The van der Waals surface area contributed by atoms with Gasteiger partial charge in [0, 0.05) is 16.7 Å². The fourth-order valence-electron chi connectivity index (χ4n) is 3.88. The smallest absolute Gasteiger partial charge is 0.150 e. The van der Waals surface area contributed by atoms with E-state index in [0.29, 0.717) is 28.1 Å². The number of phenolic OH excluding ortho intramolecular Hbond substituents is 3. The van der Waals surface area contributed by atoms with Crippen molar-refractivity contribution in [2.24, 2.45) is 0 Å². The Bertz CT molecular complexity index is 1460. The zero-order valence-corrected chi connectivity index (χ0v) is 18.4. The molecule has 4 aromatic carbocycles. The minimum Gasteiger partial charge on any atom is -0.508 e. The molecule has 3 N–H and O–H groups in total. The molecule has 5 rings (SSSR count). The Morgan fingerprint density at radius 2 is 1.15 bits per heavy atom. The summed E-state index contributed by atoms with van der Waals surface area (Å²) < 4.78 is 16.5. The van der Waals surface area contributed by atoms with Gasteiger partial charge in [-0.3, -0.25) is 0 Å². The molecule has 0 bridgehead atoms. The van der Waals surface area contributed by atoms with Crippen LogP contribution in [0.3, 0.4) is 0 Å². The summed E-state index contributed by atoms with van der Waals surface area (Å²) in [5.74, 6) is -0.260. The number of hydrogen-bond acceptors (Lipinski definition) is 4. The molecule has 0 spiro atoms. The summed E-state index contributed by atoms with van der Waals surface area (Å²) in [6.45, 7) is 0. The summed E-state index contributed by atoms with van der Waals surface area (Å²) in [4.78, 5) is 0. The number of rotatable bonds is 4. The summed E-state index contributed by atoms with van der Waals surface area (Å²) in [7, 11) is 0. The first-order valence-corrected chi connectivity index (χ1v) is 10.8. The quantitative estimate of drug-likeness (QED) is 0.269. The highest BCUT2D eigenvalue weighted by Crippen LogP contribution is 2.43. The average Bonchev–Trinajstić information content (AvgIpc) is 3.20. The molecule has 1 aromatic heterocycles. The van der Waals surface area contributed by atoms with Crippen LogP contribution in [-0.4, -0.2) is 25.1 Å². The van der Waals surface area contributed by atoms with E-state index in [0.717, 1.165) is 5.56 Å². The zero-order valence-electron chi connectivity index (χ0n) is 17.7. The van der Waals surface area contributed by atoms with Gasteiger partial charge in [0.1, 0.15) is 34.4 Å². The number of aromatic nitrogens is 2. The topological polar surface area (TPSA) is 78.5 Å². The van der Waals surface area contributed by atoms with E-state index in [1.165, 1.54) is 28.9 Å². The van der Waals surface area contributed by atoms with Gasteiger partial charge < -0.3 is 15.3 Å². The first-order chi connectivity index (χ1) is 16.4. The number of hydrogen-bond donors (Lipinski definition) is 3. The van der Waals surface area contributed by atoms with Crippen molar-refractivity contribution in [1.82, 2.24) is 9.78 Å². The molecule has 0 fully saturated rings. The van der Waals surface area contributed by atoms with Crippen LogP contribution < -0.4 is 0 Å². The molecule has 0 unspecified atom stereocenters. The fourth-order valence-corrected chi connectivity index (χ4v) is 4.12. The Hall–Kier alpha value is -4.29. The van der Waals surface area contributed by atoms with Crippen LogP contribution in [0.15, 0.2) is 91.0 Å². The van der Waals surface area contributed by atoms with Crippen molar-refractivity contribution < 1.29 is 19.7 Å². The maximum Gasteiger partial charge on any atom is 0.150 e. The SMILES string of the molecule is Oc1ccc(-c2nn(-c3c(F)cccc3Cl)c(-c3ccc(O)cc3)c2-c2ccc(O)cc2)cc1. The van der Waals surface area contributed by atoms with Crippen molar-refractivity contribution in [1.29, 1.82) is 0 Å². The molecule has 7 heteroatoms. The average molecular weight is 473 g/mol. The van der Waals surface area contributed by atoms with Gasteiger partial charge in [-0.2, -0.15) is 5.10 Å². The van der Waals surface area contributed by atoms with E-state index in [4.69, 9.17) is 16.7 Å². The minimum atomic E-state index is -0.551. The Morgan fingerprint density at radius 1 is 0.647 bits per heavy atom. The molecule has 34 heavy (non-hydrogen) atoms. The monoisotopic (exact) mass is 472 g/mol. The van der Waals surface area contributed by atoms with Gasteiger partial charge in [-0.15, -0.1) is 0 Å². The number of para-hydroxylation sites is 1. The van der Waals surface area contributed by atoms with E-state index in [-0.39, 0.29) is 28.0 Å². The highest BCUT2D eigenvalue weighted by atomic mass is 35.5. The van der Waals surface area contributed by atoms with Crippen LogP contribution >= 0.6 is 11.6 Å². The van der Waals surface area contributed by atoms with Gasteiger partial charge in [0.15, 0.2) is 0 Å². The number of benzene rings is 4. The molecule has 5 aromatic rings. The maximum atomic E-state index is 15.1. The van der Waals surface area contributed by atoms with Crippen molar-refractivity contribution in [3.05, 3.63) is 102 Å². The number of halogens is 2. The van der Waals surface area contributed by atoms with E-state index in [2.05, 4.69) is 0 Å². The second kappa shape index (κ2) is 8.57. The Morgan fingerprint density at radius 3 is 1.68 bits per heavy atom. The summed E-state index contributed by atoms with van der Waals surface area (Å²) >= 11 is 6.44. The van der Waals surface area contributed by atoms with Crippen LogP contribution in [0.5, 0.6) is 17.2 Å². The Labute approximate surface area is 199 Å². The minimum absolute atomic E-state index is 0.0808. The molecule has 0 aliphatic rings. The largest absolute Gasteiger partial charge is 0.508 e. The van der Waals surface area contributed by atoms with Gasteiger partial charge in [-0.05, 0) is 78.4 Å². The lowest BCUT2D eigenvalue weighted by Gasteiger charge is -2.13. The van der Waals surface area contributed by atoms with Crippen LogP contribution in [0.4, 0.5) is 4.39 Å². The third-order valence-electron chi connectivity index (χ3n) is 5.47. The first kappa shape index (κ1) is 21.6. The molecule has 0 aliphatic carbocycles. The van der Waals surface area contributed by atoms with Crippen molar-refractivity contribution >= 4 is 11.6 Å². The molecule has 0 aliphatic heterocycles. The van der Waals surface area contributed by atoms with E-state index in [9.17, 15) is 15.3 Å². The predicted molar refractivity (Wildman–Crippen MR) is 130 cm³/mol. The lowest BCUT2D eigenvalue weighted by atomic mass is 9.95. The highest BCUT2D eigenvalue weighted by Gasteiger charge is 2.25. The molecule has 0 atom stereocenters. The maximum absolute atomic E-state index is 15.1. The van der Waals surface area contributed by atoms with Crippen LogP contribution in [0.1, 0.15) is 0 Å². The van der Waals surface area contributed by atoms with E-state index in [1.54, 1.807) is 66.7 Å². The normalized spacial score (nSPS) is 11.0. The summed E-state index contributed by atoms with van der Waals surface area (Å²) in [6, 6.07) is 24.0. The summed E-state index contributed by atoms with van der Waals surface area (Å²) in [6.07, 6.45) is 0. The third-order valence-corrected chi connectivity index (χ3v) is 5.78. The molecule has 0 amide bonds. The molecule has 0 radical (unpaired) electrons.